The lowest BCUT2D eigenvalue weighted by Gasteiger charge is -2.16. The predicted octanol–water partition coefficient (Wildman–Crippen LogP) is 3.29. The summed E-state index contributed by atoms with van der Waals surface area (Å²) in [5.41, 5.74) is 3.38. The third-order valence-corrected chi connectivity index (χ3v) is 5.66. The molecular formula is C25H29IN6O2. The summed E-state index contributed by atoms with van der Waals surface area (Å²) in [5.74, 6) is 0.314. The number of guanidine groups is 1. The van der Waals surface area contributed by atoms with Gasteiger partial charge in [-0.3, -0.25) is 24.2 Å². The molecule has 0 atom stereocenters. The number of aliphatic imine (C=N–C) groups is 1. The lowest BCUT2D eigenvalue weighted by Crippen LogP contribution is -2.38. The zero-order valence-electron chi connectivity index (χ0n) is 19.1. The summed E-state index contributed by atoms with van der Waals surface area (Å²) in [4.78, 5) is 30.5. The number of nitrogens with one attached hydrogen (secondary N) is 2. The summed E-state index contributed by atoms with van der Waals surface area (Å²) in [5, 5.41) is 10.9. The SMILES string of the molecule is CN=C(NCCCCN1C(=O)c2ccccc2C1=O)NCc1ccccc1Cn1cccn1.I. The summed E-state index contributed by atoms with van der Waals surface area (Å²) in [6.07, 6.45) is 5.26. The molecule has 0 saturated carbocycles. The first-order valence-electron chi connectivity index (χ1n) is 11.1. The van der Waals surface area contributed by atoms with Crippen LogP contribution in [0.25, 0.3) is 0 Å². The van der Waals surface area contributed by atoms with Gasteiger partial charge in [0.05, 0.1) is 17.7 Å². The molecule has 0 unspecified atom stereocenters. The zero-order valence-corrected chi connectivity index (χ0v) is 21.4. The Kier molecular flexibility index (Phi) is 9.20. The number of hydrogen-bond donors (Lipinski definition) is 2. The molecule has 0 aliphatic carbocycles. The van der Waals surface area contributed by atoms with Crippen molar-refractivity contribution in [1.29, 1.82) is 0 Å². The first-order chi connectivity index (χ1) is 16.2. The Morgan fingerprint density at radius 2 is 1.59 bits per heavy atom. The van der Waals surface area contributed by atoms with E-state index in [0.717, 1.165) is 12.8 Å². The van der Waals surface area contributed by atoms with Crippen molar-refractivity contribution in [3.05, 3.63) is 89.2 Å². The highest BCUT2D eigenvalue weighted by Crippen LogP contribution is 2.22. The summed E-state index contributed by atoms with van der Waals surface area (Å²) in [7, 11) is 1.74. The van der Waals surface area contributed by atoms with Crippen molar-refractivity contribution in [2.24, 2.45) is 4.99 Å². The summed E-state index contributed by atoms with van der Waals surface area (Å²) < 4.78 is 1.90. The molecule has 0 fully saturated rings. The van der Waals surface area contributed by atoms with Crippen LogP contribution in [0.1, 0.15) is 44.7 Å². The van der Waals surface area contributed by atoms with E-state index in [9.17, 15) is 9.59 Å². The molecule has 2 amide bonds. The van der Waals surface area contributed by atoms with Gasteiger partial charge < -0.3 is 10.6 Å². The van der Waals surface area contributed by atoms with Crippen LogP contribution in [0.15, 0.2) is 72.0 Å². The summed E-state index contributed by atoms with van der Waals surface area (Å²) in [6, 6.07) is 17.2. The number of rotatable bonds is 9. The highest BCUT2D eigenvalue weighted by molar-refractivity contribution is 14.0. The number of amides is 2. The summed E-state index contributed by atoms with van der Waals surface area (Å²) in [6.45, 7) is 2.47. The number of unbranched alkanes of at least 4 members (excludes halogenated alkanes) is 1. The maximum Gasteiger partial charge on any atom is 0.261 e. The Bertz CT molecular complexity index is 1110. The Balaban J connectivity index is 0.00000324. The number of nitrogens with zero attached hydrogens (tertiary/aromatic N) is 4. The molecule has 0 radical (unpaired) electrons. The van der Waals surface area contributed by atoms with Crippen molar-refractivity contribution in [1.82, 2.24) is 25.3 Å². The van der Waals surface area contributed by atoms with Crippen LogP contribution in [0.4, 0.5) is 0 Å². The second-order valence-electron chi connectivity index (χ2n) is 7.84. The van der Waals surface area contributed by atoms with Gasteiger partial charge in [-0.1, -0.05) is 36.4 Å². The Morgan fingerprint density at radius 1 is 0.912 bits per heavy atom. The number of imide groups is 1. The number of aromatic nitrogens is 2. The Labute approximate surface area is 216 Å². The average molecular weight is 572 g/mol. The number of halogens is 1. The first kappa shape index (κ1) is 25.4. The van der Waals surface area contributed by atoms with E-state index in [-0.39, 0.29) is 35.8 Å². The van der Waals surface area contributed by atoms with Gasteiger partial charge in [0.2, 0.25) is 0 Å². The molecule has 4 rings (SSSR count). The third-order valence-electron chi connectivity index (χ3n) is 5.66. The van der Waals surface area contributed by atoms with E-state index in [1.165, 1.54) is 16.0 Å². The fraction of sp³-hybridized carbons (Fsp3) is 0.280. The van der Waals surface area contributed by atoms with E-state index < -0.39 is 0 Å². The van der Waals surface area contributed by atoms with Crippen LogP contribution >= 0.6 is 24.0 Å². The van der Waals surface area contributed by atoms with Crippen LogP contribution in [0.3, 0.4) is 0 Å². The molecule has 0 spiro atoms. The van der Waals surface area contributed by atoms with E-state index in [1.54, 1.807) is 37.5 Å². The minimum absolute atomic E-state index is 0. The van der Waals surface area contributed by atoms with Crippen LogP contribution in [-0.2, 0) is 13.1 Å². The van der Waals surface area contributed by atoms with Crippen LogP contribution in [0.5, 0.6) is 0 Å². The monoisotopic (exact) mass is 572 g/mol. The van der Waals surface area contributed by atoms with Crippen molar-refractivity contribution >= 4 is 41.8 Å². The van der Waals surface area contributed by atoms with Gasteiger partial charge in [-0.2, -0.15) is 5.10 Å². The number of carbonyl (C=O) groups is 2. The molecule has 1 aliphatic heterocycles. The van der Waals surface area contributed by atoms with Crippen LogP contribution < -0.4 is 10.6 Å². The molecule has 2 heterocycles. The van der Waals surface area contributed by atoms with E-state index >= 15 is 0 Å². The highest BCUT2D eigenvalue weighted by Gasteiger charge is 2.34. The van der Waals surface area contributed by atoms with Gasteiger partial charge >= 0.3 is 0 Å². The minimum Gasteiger partial charge on any atom is -0.356 e. The van der Waals surface area contributed by atoms with Gasteiger partial charge in [-0.05, 0) is 42.2 Å². The molecule has 0 bridgehead atoms. The lowest BCUT2D eigenvalue weighted by atomic mass is 10.1. The molecule has 1 aromatic heterocycles. The summed E-state index contributed by atoms with van der Waals surface area (Å²) >= 11 is 0. The molecule has 34 heavy (non-hydrogen) atoms. The maximum absolute atomic E-state index is 12.4. The zero-order chi connectivity index (χ0) is 23.0. The van der Waals surface area contributed by atoms with E-state index in [1.807, 2.05) is 29.1 Å². The number of carbonyl (C=O) groups excluding carboxylic acids is 2. The smallest absolute Gasteiger partial charge is 0.261 e. The third kappa shape index (κ3) is 6.02. The average Bonchev–Trinajstić information content (AvgIpc) is 3.44. The standard InChI is InChI=1S/C25H28N6O2.HI/c1-26-25(28-17-19-9-2-3-10-20(19)18-30-15-8-14-29-30)27-13-6-7-16-31-23(32)21-11-4-5-12-22(21)24(31)33;/h2-5,8-12,14-15H,6-7,13,16-18H2,1H3,(H2,26,27,28);1H. The van der Waals surface area contributed by atoms with Gasteiger partial charge in [0.15, 0.2) is 5.96 Å². The normalized spacial score (nSPS) is 13.0. The van der Waals surface area contributed by atoms with E-state index in [0.29, 0.717) is 43.3 Å². The van der Waals surface area contributed by atoms with Crippen molar-refractivity contribution in [3.63, 3.8) is 0 Å². The first-order valence-corrected chi connectivity index (χ1v) is 11.1. The number of hydrogen-bond acceptors (Lipinski definition) is 4. The van der Waals surface area contributed by atoms with Crippen molar-refractivity contribution in [2.75, 3.05) is 20.1 Å². The fourth-order valence-electron chi connectivity index (χ4n) is 3.90. The molecule has 0 saturated heterocycles. The number of fused-ring (bicyclic) bond motifs is 1. The van der Waals surface area contributed by atoms with E-state index in [2.05, 4.69) is 32.9 Å². The maximum atomic E-state index is 12.4. The highest BCUT2D eigenvalue weighted by atomic mass is 127. The number of benzene rings is 2. The second kappa shape index (κ2) is 12.3. The van der Waals surface area contributed by atoms with Gasteiger partial charge in [0.25, 0.3) is 11.8 Å². The largest absolute Gasteiger partial charge is 0.356 e. The fourth-order valence-corrected chi connectivity index (χ4v) is 3.90. The van der Waals surface area contributed by atoms with Gasteiger partial charge in [-0.15, -0.1) is 24.0 Å². The lowest BCUT2D eigenvalue weighted by molar-refractivity contribution is 0.0652. The quantitative estimate of drug-likeness (QED) is 0.135. The molecule has 8 nitrogen and oxygen atoms in total. The molecule has 2 aromatic carbocycles. The molecule has 178 valence electrons. The molecule has 2 N–H and O–H groups in total. The topological polar surface area (TPSA) is 91.6 Å². The van der Waals surface area contributed by atoms with E-state index in [4.69, 9.17) is 0 Å². The van der Waals surface area contributed by atoms with Gasteiger partial charge in [-0.25, -0.2) is 0 Å². The minimum atomic E-state index is -0.199. The van der Waals surface area contributed by atoms with Crippen LogP contribution in [-0.4, -0.2) is 52.6 Å². The molecule has 1 aliphatic rings. The predicted molar refractivity (Wildman–Crippen MR) is 142 cm³/mol. The van der Waals surface area contributed by atoms with Crippen LogP contribution in [0, 0.1) is 0 Å². The second-order valence-corrected chi connectivity index (χ2v) is 7.84. The van der Waals surface area contributed by atoms with Crippen LogP contribution in [0.2, 0.25) is 0 Å². The van der Waals surface area contributed by atoms with Gasteiger partial charge in [0, 0.05) is 39.1 Å². The molecule has 9 heteroatoms. The van der Waals surface area contributed by atoms with Crippen molar-refractivity contribution in [2.45, 2.75) is 25.9 Å². The Hall–Kier alpha value is -3.21. The Morgan fingerprint density at radius 3 is 2.24 bits per heavy atom. The van der Waals surface area contributed by atoms with Crippen molar-refractivity contribution in [3.8, 4) is 0 Å². The molecule has 3 aromatic rings. The molecular weight excluding hydrogens is 543 g/mol. The van der Waals surface area contributed by atoms with Crippen molar-refractivity contribution < 1.29 is 9.59 Å². The van der Waals surface area contributed by atoms with Gasteiger partial charge in [0.1, 0.15) is 0 Å².